The van der Waals surface area contributed by atoms with Gasteiger partial charge in [-0.3, -0.25) is 9.36 Å². The summed E-state index contributed by atoms with van der Waals surface area (Å²) in [6.07, 6.45) is 1.55. The maximum atomic E-state index is 12.2. The van der Waals surface area contributed by atoms with Crippen LogP contribution in [0.4, 0.5) is 5.82 Å². The van der Waals surface area contributed by atoms with Gasteiger partial charge in [-0.2, -0.15) is 4.98 Å². The Balaban J connectivity index is 1.97. The standard InChI is InChI=1S/C21H31N4O6P/c1-15(2)30-20(26)16(3)24-32(31-17-8-6-5-7-9-17)29-14-18(28-4)10-12-25-13-11-19(22)23-21(25)27/h5-9,11,13,15-16,18,24H,10,12,14H2,1-4H3,(H2,22,23,27). The summed E-state index contributed by atoms with van der Waals surface area (Å²) in [5, 5.41) is 3.05. The molecule has 0 amide bonds. The van der Waals surface area contributed by atoms with Gasteiger partial charge in [0.1, 0.15) is 17.6 Å². The molecule has 0 saturated heterocycles. The van der Waals surface area contributed by atoms with Crippen LogP contribution in [-0.2, 0) is 25.3 Å². The van der Waals surface area contributed by atoms with E-state index in [4.69, 9.17) is 24.3 Å². The molecule has 0 aliphatic heterocycles. The number of para-hydroxylation sites is 1. The van der Waals surface area contributed by atoms with Crippen molar-refractivity contribution in [1.29, 1.82) is 0 Å². The summed E-state index contributed by atoms with van der Waals surface area (Å²) < 4.78 is 24.0. The fraction of sp³-hybridized carbons (Fsp3) is 0.476. The molecule has 2 aromatic rings. The maximum absolute atomic E-state index is 12.2. The summed E-state index contributed by atoms with van der Waals surface area (Å²) in [6.45, 7) is 5.83. The van der Waals surface area contributed by atoms with Gasteiger partial charge < -0.3 is 24.3 Å². The van der Waals surface area contributed by atoms with Gasteiger partial charge in [0.2, 0.25) is 0 Å². The van der Waals surface area contributed by atoms with Crippen molar-refractivity contribution >= 4 is 20.3 Å². The Morgan fingerprint density at radius 3 is 2.56 bits per heavy atom. The Labute approximate surface area is 189 Å². The summed E-state index contributed by atoms with van der Waals surface area (Å²) in [7, 11) is -0.112. The zero-order valence-electron chi connectivity index (χ0n) is 18.8. The number of nitrogens with one attached hydrogen (secondary N) is 1. The summed E-state index contributed by atoms with van der Waals surface area (Å²) in [5.74, 6) is 0.382. The van der Waals surface area contributed by atoms with Gasteiger partial charge in [-0.05, 0) is 45.4 Å². The fourth-order valence-corrected chi connectivity index (χ4v) is 3.74. The molecule has 3 N–H and O–H groups in total. The monoisotopic (exact) mass is 466 g/mol. The highest BCUT2D eigenvalue weighted by Crippen LogP contribution is 2.36. The molecular weight excluding hydrogens is 435 g/mol. The second-order valence-corrected chi connectivity index (χ2v) is 8.48. The van der Waals surface area contributed by atoms with Crippen LogP contribution in [0.25, 0.3) is 0 Å². The number of carbonyl (C=O) groups is 1. The minimum absolute atomic E-state index is 0.178. The Bertz CT molecular complexity index is 895. The first kappa shape index (κ1) is 25.7. The van der Waals surface area contributed by atoms with Crippen LogP contribution < -0.4 is 21.0 Å². The minimum Gasteiger partial charge on any atom is -0.462 e. The molecule has 1 heterocycles. The van der Waals surface area contributed by atoms with Gasteiger partial charge in [-0.25, -0.2) is 9.88 Å². The van der Waals surface area contributed by atoms with E-state index in [1.807, 2.05) is 18.2 Å². The topological polar surface area (TPSA) is 127 Å². The Kier molecular flexibility index (Phi) is 10.6. The van der Waals surface area contributed by atoms with Crippen LogP contribution in [0.1, 0.15) is 27.2 Å². The number of nitrogen functional groups attached to an aromatic ring is 1. The van der Waals surface area contributed by atoms with Gasteiger partial charge in [0.15, 0.2) is 0 Å². The molecule has 176 valence electrons. The van der Waals surface area contributed by atoms with E-state index in [0.717, 1.165) is 0 Å². The normalized spacial score (nSPS) is 14.0. The molecule has 0 saturated carbocycles. The van der Waals surface area contributed by atoms with Gasteiger partial charge in [0, 0.05) is 19.9 Å². The Morgan fingerprint density at radius 2 is 1.94 bits per heavy atom. The van der Waals surface area contributed by atoms with Crippen LogP contribution in [0.15, 0.2) is 47.4 Å². The van der Waals surface area contributed by atoms with Crippen molar-refractivity contribution in [3.8, 4) is 5.75 Å². The lowest BCUT2D eigenvalue weighted by Gasteiger charge is -2.24. The highest BCUT2D eigenvalue weighted by molar-refractivity contribution is 7.45. The highest BCUT2D eigenvalue weighted by Gasteiger charge is 2.24. The van der Waals surface area contributed by atoms with Crippen molar-refractivity contribution in [1.82, 2.24) is 14.6 Å². The van der Waals surface area contributed by atoms with Crippen LogP contribution in [0.2, 0.25) is 0 Å². The lowest BCUT2D eigenvalue weighted by atomic mass is 10.2. The average Bonchev–Trinajstić information content (AvgIpc) is 2.75. The van der Waals surface area contributed by atoms with Gasteiger partial charge in [-0.1, -0.05) is 18.2 Å². The first-order chi connectivity index (χ1) is 15.3. The second kappa shape index (κ2) is 13.1. The average molecular weight is 466 g/mol. The molecule has 1 aromatic carbocycles. The van der Waals surface area contributed by atoms with Crippen molar-refractivity contribution in [2.75, 3.05) is 19.5 Å². The van der Waals surface area contributed by atoms with Crippen LogP contribution in [0.5, 0.6) is 5.75 Å². The van der Waals surface area contributed by atoms with Gasteiger partial charge in [-0.15, -0.1) is 0 Å². The number of ether oxygens (including phenoxy) is 2. The number of carbonyl (C=O) groups excluding carboxylic acids is 1. The summed E-state index contributed by atoms with van der Waals surface area (Å²) in [5.41, 5.74) is 5.10. The van der Waals surface area contributed by atoms with Crippen LogP contribution in [-0.4, -0.2) is 47.5 Å². The van der Waals surface area contributed by atoms with E-state index in [0.29, 0.717) is 18.7 Å². The van der Waals surface area contributed by atoms with Crippen molar-refractivity contribution in [2.24, 2.45) is 0 Å². The van der Waals surface area contributed by atoms with E-state index < -0.39 is 26.2 Å². The first-order valence-electron chi connectivity index (χ1n) is 10.3. The number of aromatic nitrogens is 2. The van der Waals surface area contributed by atoms with E-state index >= 15 is 0 Å². The predicted molar refractivity (Wildman–Crippen MR) is 122 cm³/mol. The fourth-order valence-electron chi connectivity index (χ4n) is 2.53. The molecule has 2 rings (SSSR count). The van der Waals surface area contributed by atoms with Gasteiger partial charge >= 0.3 is 20.2 Å². The SMILES string of the molecule is COC(CCn1ccc(N)nc1=O)COP(NC(C)C(=O)OC(C)C)Oc1ccccc1. The van der Waals surface area contributed by atoms with E-state index in [2.05, 4.69) is 10.1 Å². The highest BCUT2D eigenvalue weighted by atomic mass is 31.2. The largest absolute Gasteiger partial charge is 0.462 e. The number of hydrogen-bond donors (Lipinski definition) is 2. The lowest BCUT2D eigenvalue weighted by Crippen LogP contribution is -2.35. The molecule has 0 aliphatic rings. The molecule has 0 spiro atoms. The number of nitrogens with two attached hydrogens (primary N) is 1. The minimum atomic E-state index is -1.68. The molecule has 3 unspecified atom stereocenters. The van der Waals surface area contributed by atoms with Crippen LogP contribution in [0, 0.1) is 0 Å². The van der Waals surface area contributed by atoms with Crippen molar-refractivity contribution in [3.63, 3.8) is 0 Å². The number of aryl methyl sites for hydroxylation is 1. The summed E-state index contributed by atoms with van der Waals surface area (Å²) in [4.78, 5) is 27.8. The lowest BCUT2D eigenvalue weighted by molar-refractivity contribution is -0.149. The van der Waals surface area contributed by atoms with Crippen molar-refractivity contribution in [3.05, 3.63) is 53.1 Å². The van der Waals surface area contributed by atoms with E-state index in [9.17, 15) is 9.59 Å². The maximum Gasteiger partial charge on any atom is 0.349 e. The molecule has 11 heteroatoms. The quantitative estimate of drug-likeness (QED) is 0.338. The number of rotatable bonds is 13. The summed E-state index contributed by atoms with van der Waals surface area (Å²) >= 11 is 0. The van der Waals surface area contributed by atoms with E-state index in [1.165, 1.54) is 4.57 Å². The molecule has 1 aromatic heterocycles. The predicted octanol–water partition coefficient (Wildman–Crippen LogP) is 2.48. The van der Waals surface area contributed by atoms with Gasteiger partial charge in [0.25, 0.3) is 0 Å². The molecule has 0 fully saturated rings. The van der Waals surface area contributed by atoms with E-state index in [1.54, 1.807) is 52.3 Å². The van der Waals surface area contributed by atoms with E-state index in [-0.39, 0.29) is 24.6 Å². The Hall–Kier alpha value is -2.52. The van der Waals surface area contributed by atoms with Crippen LogP contribution >= 0.6 is 8.53 Å². The smallest absolute Gasteiger partial charge is 0.349 e. The molecular formula is C21H31N4O6P. The van der Waals surface area contributed by atoms with Gasteiger partial charge in [0.05, 0.1) is 18.8 Å². The molecule has 10 nitrogen and oxygen atoms in total. The number of benzene rings is 1. The molecule has 0 aliphatic carbocycles. The van der Waals surface area contributed by atoms with Crippen molar-refractivity contribution < 1.29 is 23.3 Å². The zero-order valence-corrected chi connectivity index (χ0v) is 19.7. The molecule has 0 bridgehead atoms. The third-order valence-electron chi connectivity index (χ3n) is 4.23. The third kappa shape index (κ3) is 8.92. The Morgan fingerprint density at radius 1 is 1.22 bits per heavy atom. The van der Waals surface area contributed by atoms with Crippen molar-refractivity contribution in [2.45, 2.75) is 52.0 Å². The number of methoxy groups -OCH3 is 1. The first-order valence-corrected chi connectivity index (χ1v) is 11.4. The number of anilines is 1. The molecule has 3 atom stereocenters. The molecule has 32 heavy (non-hydrogen) atoms. The number of nitrogens with zero attached hydrogens (tertiary/aromatic N) is 2. The third-order valence-corrected chi connectivity index (χ3v) is 5.59. The zero-order chi connectivity index (χ0) is 23.5. The number of hydrogen-bond acceptors (Lipinski definition) is 9. The molecule has 0 radical (unpaired) electrons. The number of esters is 1. The second-order valence-electron chi connectivity index (χ2n) is 7.27. The van der Waals surface area contributed by atoms with Crippen LogP contribution in [0.3, 0.4) is 0 Å². The summed E-state index contributed by atoms with van der Waals surface area (Å²) in [6, 6.07) is 10.1.